The molecular formula is C14H13BrClFN2S. The van der Waals surface area contributed by atoms with Crippen LogP contribution in [0.2, 0.25) is 5.02 Å². The van der Waals surface area contributed by atoms with E-state index < -0.39 is 0 Å². The van der Waals surface area contributed by atoms with E-state index in [0.717, 1.165) is 9.37 Å². The molecule has 1 atom stereocenters. The van der Waals surface area contributed by atoms with Crippen LogP contribution < -0.4 is 11.3 Å². The molecule has 1 unspecified atom stereocenters. The maximum Gasteiger partial charge on any atom is 0.129 e. The van der Waals surface area contributed by atoms with Crippen molar-refractivity contribution in [3.63, 3.8) is 0 Å². The predicted octanol–water partition coefficient (Wildman–Crippen LogP) is 4.54. The highest BCUT2D eigenvalue weighted by Crippen LogP contribution is 2.31. The van der Waals surface area contributed by atoms with Crippen LogP contribution in [0.5, 0.6) is 0 Å². The number of rotatable bonds is 5. The molecule has 3 N–H and O–H groups in total. The molecule has 0 bridgehead atoms. The minimum Gasteiger partial charge on any atom is -0.271 e. The topological polar surface area (TPSA) is 38.0 Å². The van der Waals surface area contributed by atoms with E-state index in [0.29, 0.717) is 16.3 Å². The van der Waals surface area contributed by atoms with Crippen LogP contribution in [0.1, 0.15) is 11.6 Å². The molecule has 0 radical (unpaired) electrons. The standard InChI is InChI=1S/C14H13BrClFN2S/c15-9-3-1-4-10(7-9)20-8-13(19-18)14-11(16)5-2-6-12(14)17/h1-7,13,19H,8,18H2. The second-order valence-corrected chi connectivity index (χ2v) is 6.54. The van der Waals surface area contributed by atoms with Crippen molar-refractivity contribution in [2.75, 3.05) is 5.75 Å². The Morgan fingerprint density at radius 3 is 2.70 bits per heavy atom. The second kappa shape index (κ2) is 7.43. The van der Waals surface area contributed by atoms with Crippen molar-refractivity contribution in [2.45, 2.75) is 10.9 Å². The van der Waals surface area contributed by atoms with E-state index in [1.807, 2.05) is 24.3 Å². The van der Waals surface area contributed by atoms with Crippen LogP contribution in [-0.4, -0.2) is 5.75 Å². The van der Waals surface area contributed by atoms with Crippen LogP contribution in [0.3, 0.4) is 0 Å². The van der Waals surface area contributed by atoms with Gasteiger partial charge in [0, 0.05) is 25.7 Å². The van der Waals surface area contributed by atoms with Gasteiger partial charge in [0.15, 0.2) is 0 Å². The van der Waals surface area contributed by atoms with Gasteiger partial charge in [0.25, 0.3) is 0 Å². The molecule has 0 fully saturated rings. The zero-order valence-electron chi connectivity index (χ0n) is 10.4. The van der Waals surface area contributed by atoms with Crippen molar-refractivity contribution in [3.8, 4) is 0 Å². The smallest absolute Gasteiger partial charge is 0.129 e. The number of hydrogen-bond donors (Lipinski definition) is 2. The van der Waals surface area contributed by atoms with E-state index in [2.05, 4.69) is 21.4 Å². The van der Waals surface area contributed by atoms with Crippen LogP contribution in [-0.2, 0) is 0 Å². The summed E-state index contributed by atoms with van der Waals surface area (Å²) in [6, 6.07) is 12.2. The fourth-order valence-corrected chi connectivity index (χ4v) is 3.65. The number of nitrogens with two attached hydrogens (primary N) is 1. The fourth-order valence-electron chi connectivity index (χ4n) is 1.79. The highest BCUT2D eigenvalue weighted by Gasteiger charge is 2.18. The van der Waals surface area contributed by atoms with E-state index >= 15 is 0 Å². The maximum atomic E-state index is 13.9. The number of hydrogen-bond acceptors (Lipinski definition) is 3. The number of benzene rings is 2. The first-order chi connectivity index (χ1) is 9.61. The first kappa shape index (κ1) is 15.8. The monoisotopic (exact) mass is 374 g/mol. The van der Waals surface area contributed by atoms with Crippen molar-refractivity contribution in [1.29, 1.82) is 0 Å². The van der Waals surface area contributed by atoms with Crippen molar-refractivity contribution in [3.05, 3.63) is 63.3 Å². The number of hydrazine groups is 1. The summed E-state index contributed by atoms with van der Waals surface area (Å²) in [5.41, 5.74) is 3.03. The summed E-state index contributed by atoms with van der Waals surface area (Å²) in [4.78, 5) is 1.08. The average molecular weight is 376 g/mol. The number of halogens is 3. The van der Waals surface area contributed by atoms with Gasteiger partial charge >= 0.3 is 0 Å². The summed E-state index contributed by atoms with van der Waals surface area (Å²) in [5.74, 6) is 5.76. The molecule has 0 spiro atoms. The quantitative estimate of drug-likeness (QED) is 0.458. The van der Waals surface area contributed by atoms with Gasteiger partial charge < -0.3 is 0 Å². The molecule has 2 nitrogen and oxygen atoms in total. The lowest BCUT2D eigenvalue weighted by Crippen LogP contribution is -2.30. The normalized spacial score (nSPS) is 12.4. The molecular weight excluding hydrogens is 363 g/mol. The maximum absolute atomic E-state index is 13.9. The molecule has 0 aliphatic rings. The number of nitrogens with one attached hydrogen (secondary N) is 1. The van der Waals surface area contributed by atoms with Crippen molar-refractivity contribution < 1.29 is 4.39 Å². The molecule has 0 amide bonds. The molecule has 0 heterocycles. The van der Waals surface area contributed by atoms with Gasteiger partial charge in [-0.25, -0.2) is 4.39 Å². The molecule has 0 aliphatic heterocycles. The van der Waals surface area contributed by atoms with E-state index in [1.165, 1.54) is 6.07 Å². The lowest BCUT2D eigenvalue weighted by atomic mass is 10.1. The Kier molecular flexibility index (Phi) is 5.86. The third-order valence-corrected chi connectivity index (χ3v) is 4.67. The Bertz CT molecular complexity index is 577. The van der Waals surface area contributed by atoms with Gasteiger partial charge in [0.2, 0.25) is 0 Å². The molecule has 0 saturated heterocycles. The Balaban J connectivity index is 2.13. The third-order valence-electron chi connectivity index (χ3n) is 2.76. The molecule has 0 saturated carbocycles. The lowest BCUT2D eigenvalue weighted by Gasteiger charge is -2.18. The zero-order valence-corrected chi connectivity index (χ0v) is 13.6. The predicted molar refractivity (Wildman–Crippen MR) is 86.3 cm³/mol. The van der Waals surface area contributed by atoms with Crippen LogP contribution in [0.4, 0.5) is 4.39 Å². The molecule has 2 aromatic carbocycles. The van der Waals surface area contributed by atoms with Gasteiger partial charge in [-0.2, -0.15) is 0 Å². The molecule has 20 heavy (non-hydrogen) atoms. The van der Waals surface area contributed by atoms with Crippen molar-refractivity contribution in [2.24, 2.45) is 5.84 Å². The molecule has 106 valence electrons. The summed E-state index contributed by atoms with van der Waals surface area (Å²) in [6.45, 7) is 0. The summed E-state index contributed by atoms with van der Waals surface area (Å²) in [6.07, 6.45) is 0. The Morgan fingerprint density at radius 1 is 1.30 bits per heavy atom. The van der Waals surface area contributed by atoms with Crippen LogP contribution in [0.15, 0.2) is 51.8 Å². The molecule has 0 aliphatic carbocycles. The Hall–Kier alpha value is -0.590. The summed E-state index contributed by atoms with van der Waals surface area (Å²) in [5, 5.41) is 0.378. The average Bonchev–Trinajstić information content (AvgIpc) is 2.42. The highest BCUT2D eigenvalue weighted by molar-refractivity contribution is 9.10. The summed E-state index contributed by atoms with van der Waals surface area (Å²) >= 11 is 11.1. The van der Waals surface area contributed by atoms with Gasteiger partial charge in [0.05, 0.1) is 6.04 Å². The van der Waals surface area contributed by atoms with Gasteiger partial charge in [-0.05, 0) is 30.3 Å². The minimum absolute atomic E-state index is 0.352. The van der Waals surface area contributed by atoms with Gasteiger partial charge in [-0.1, -0.05) is 39.7 Å². The van der Waals surface area contributed by atoms with Gasteiger partial charge in [-0.15, -0.1) is 11.8 Å². The van der Waals surface area contributed by atoms with Crippen molar-refractivity contribution >= 4 is 39.3 Å². The van der Waals surface area contributed by atoms with E-state index in [-0.39, 0.29) is 11.9 Å². The Morgan fingerprint density at radius 2 is 2.05 bits per heavy atom. The summed E-state index contributed by atoms with van der Waals surface area (Å²) < 4.78 is 14.9. The first-order valence-corrected chi connectivity index (χ1v) is 8.06. The second-order valence-electron chi connectivity index (χ2n) is 4.12. The minimum atomic E-state index is -0.354. The SMILES string of the molecule is NNC(CSc1cccc(Br)c1)c1c(F)cccc1Cl. The molecule has 2 aromatic rings. The molecule has 6 heteroatoms. The molecule has 2 rings (SSSR count). The van der Waals surface area contributed by atoms with Crippen LogP contribution >= 0.6 is 39.3 Å². The third kappa shape index (κ3) is 3.96. The van der Waals surface area contributed by atoms with Crippen LogP contribution in [0.25, 0.3) is 0 Å². The van der Waals surface area contributed by atoms with Crippen molar-refractivity contribution in [1.82, 2.24) is 5.43 Å². The summed E-state index contributed by atoms with van der Waals surface area (Å²) in [7, 11) is 0. The zero-order chi connectivity index (χ0) is 14.5. The van der Waals surface area contributed by atoms with E-state index in [1.54, 1.807) is 23.9 Å². The first-order valence-electron chi connectivity index (χ1n) is 5.90. The lowest BCUT2D eigenvalue weighted by molar-refractivity contribution is 0.547. The largest absolute Gasteiger partial charge is 0.271 e. The van der Waals surface area contributed by atoms with E-state index in [9.17, 15) is 4.39 Å². The molecule has 0 aromatic heterocycles. The van der Waals surface area contributed by atoms with Crippen LogP contribution in [0, 0.1) is 5.82 Å². The highest BCUT2D eigenvalue weighted by atomic mass is 79.9. The van der Waals surface area contributed by atoms with Gasteiger partial charge in [0.1, 0.15) is 5.82 Å². The fraction of sp³-hybridized carbons (Fsp3) is 0.143. The van der Waals surface area contributed by atoms with E-state index in [4.69, 9.17) is 17.4 Å². The van der Waals surface area contributed by atoms with Gasteiger partial charge in [-0.3, -0.25) is 11.3 Å². The number of thioether (sulfide) groups is 1. The Labute approximate surface area is 135 Å².